The highest BCUT2D eigenvalue weighted by molar-refractivity contribution is 5.85. The Morgan fingerprint density at radius 3 is 2.48 bits per heavy atom. The summed E-state index contributed by atoms with van der Waals surface area (Å²) in [7, 11) is 0. The van der Waals surface area contributed by atoms with E-state index >= 15 is 0 Å². The van der Waals surface area contributed by atoms with Crippen molar-refractivity contribution in [1.29, 1.82) is 0 Å². The SMILES string of the molecule is O=C1NCCC12CCN(c1cccc(C(F)(F)F)n1)CC2. The van der Waals surface area contributed by atoms with Gasteiger partial charge in [-0.3, -0.25) is 4.79 Å². The predicted molar refractivity (Wildman–Crippen MR) is 70.7 cm³/mol. The van der Waals surface area contributed by atoms with Crippen molar-refractivity contribution in [3.8, 4) is 0 Å². The fourth-order valence-electron chi connectivity index (χ4n) is 3.11. The number of alkyl halides is 3. The normalized spacial score (nSPS) is 21.7. The van der Waals surface area contributed by atoms with Crippen molar-refractivity contribution in [2.45, 2.75) is 25.4 Å². The van der Waals surface area contributed by atoms with Crippen LogP contribution in [-0.4, -0.2) is 30.5 Å². The minimum atomic E-state index is -4.43. The van der Waals surface area contributed by atoms with E-state index < -0.39 is 11.9 Å². The second-order valence-electron chi connectivity index (χ2n) is 5.65. The van der Waals surface area contributed by atoms with E-state index in [4.69, 9.17) is 0 Å². The molecule has 0 unspecified atom stereocenters. The maximum absolute atomic E-state index is 12.7. The first-order valence-electron chi connectivity index (χ1n) is 6.98. The van der Waals surface area contributed by atoms with E-state index in [9.17, 15) is 18.0 Å². The number of piperidine rings is 1. The number of hydrogen-bond acceptors (Lipinski definition) is 3. The molecule has 4 nitrogen and oxygen atoms in total. The first kappa shape index (κ1) is 14.2. The van der Waals surface area contributed by atoms with Gasteiger partial charge in [-0.2, -0.15) is 13.2 Å². The van der Waals surface area contributed by atoms with Crippen LogP contribution in [0.3, 0.4) is 0 Å². The highest BCUT2D eigenvalue weighted by Gasteiger charge is 2.44. The standard InChI is InChI=1S/C14H16F3N3O/c15-14(16,17)10-2-1-3-11(19-10)20-8-5-13(6-9-20)4-7-18-12(13)21/h1-3H,4-9H2,(H,18,21). The fraction of sp³-hybridized carbons (Fsp3) is 0.571. The third kappa shape index (κ3) is 2.56. The summed E-state index contributed by atoms with van der Waals surface area (Å²) in [6.07, 6.45) is -2.29. The molecule has 1 aromatic rings. The van der Waals surface area contributed by atoms with Gasteiger partial charge in [0.25, 0.3) is 0 Å². The van der Waals surface area contributed by atoms with Gasteiger partial charge < -0.3 is 10.2 Å². The third-order valence-electron chi connectivity index (χ3n) is 4.44. The molecule has 1 N–H and O–H groups in total. The smallest absolute Gasteiger partial charge is 0.357 e. The van der Waals surface area contributed by atoms with E-state index in [2.05, 4.69) is 10.3 Å². The molecule has 3 rings (SSSR count). The Bertz CT molecular complexity index is 551. The molecule has 2 aliphatic rings. The number of rotatable bonds is 1. The second kappa shape index (κ2) is 4.89. The summed E-state index contributed by atoms with van der Waals surface area (Å²) in [6, 6.07) is 3.93. The number of nitrogens with zero attached hydrogens (tertiary/aromatic N) is 2. The van der Waals surface area contributed by atoms with Crippen LogP contribution in [0, 0.1) is 5.41 Å². The lowest BCUT2D eigenvalue weighted by Gasteiger charge is -2.38. The Kier molecular flexibility index (Phi) is 3.30. The molecule has 1 spiro atoms. The number of aromatic nitrogens is 1. The van der Waals surface area contributed by atoms with E-state index in [1.165, 1.54) is 6.07 Å². The van der Waals surface area contributed by atoms with Crippen LogP contribution in [-0.2, 0) is 11.0 Å². The van der Waals surface area contributed by atoms with Gasteiger partial charge in [0, 0.05) is 19.6 Å². The molecule has 21 heavy (non-hydrogen) atoms. The van der Waals surface area contributed by atoms with E-state index in [1.807, 2.05) is 4.90 Å². The maximum atomic E-state index is 12.7. The molecular formula is C14H16F3N3O. The van der Waals surface area contributed by atoms with Gasteiger partial charge in [-0.05, 0) is 31.4 Å². The van der Waals surface area contributed by atoms with Gasteiger partial charge in [-0.1, -0.05) is 6.07 Å². The predicted octanol–water partition coefficient (Wildman–Crippen LogP) is 2.21. The average Bonchev–Trinajstić information content (AvgIpc) is 2.80. The van der Waals surface area contributed by atoms with Crippen molar-refractivity contribution in [2.75, 3.05) is 24.5 Å². The number of carbonyl (C=O) groups is 1. The monoisotopic (exact) mass is 299 g/mol. The Balaban J connectivity index is 1.74. The highest BCUT2D eigenvalue weighted by Crippen LogP contribution is 2.39. The van der Waals surface area contributed by atoms with Crippen molar-refractivity contribution in [3.63, 3.8) is 0 Å². The molecule has 1 aromatic heterocycles. The maximum Gasteiger partial charge on any atom is 0.433 e. The van der Waals surface area contributed by atoms with Crippen LogP contribution in [0.1, 0.15) is 25.0 Å². The summed E-state index contributed by atoms with van der Waals surface area (Å²) in [5.74, 6) is 0.414. The van der Waals surface area contributed by atoms with Crippen LogP contribution in [0.5, 0.6) is 0 Å². The minimum absolute atomic E-state index is 0.0825. The Morgan fingerprint density at radius 2 is 1.90 bits per heavy atom. The van der Waals surface area contributed by atoms with Gasteiger partial charge in [-0.15, -0.1) is 0 Å². The summed E-state index contributed by atoms with van der Waals surface area (Å²) in [6.45, 7) is 1.81. The number of halogens is 3. The molecule has 7 heteroatoms. The van der Waals surface area contributed by atoms with E-state index in [1.54, 1.807) is 6.07 Å². The number of pyridine rings is 1. The highest BCUT2D eigenvalue weighted by atomic mass is 19.4. The zero-order valence-electron chi connectivity index (χ0n) is 11.4. The fourth-order valence-corrected chi connectivity index (χ4v) is 3.11. The van der Waals surface area contributed by atoms with Crippen LogP contribution in [0.15, 0.2) is 18.2 Å². The quantitative estimate of drug-likeness (QED) is 0.865. The molecule has 0 radical (unpaired) electrons. The Morgan fingerprint density at radius 1 is 1.19 bits per heavy atom. The zero-order valence-corrected chi connectivity index (χ0v) is 11.4. The molecule has 3 heterocycles. The van der Waals surface area contributed by atoms with Crippen molar-refractivity contribution in [2.24, 2.45) is 5.41 Å². The molecule has 1 amide bonds. The molecule has 2 aliphatic heterocycles. The number of hydrogen-bond donors (Lipinski definition) is 1. The van der Waals surface area contributed by atoms with Crippen molar-refractivity contribution in [1.82, 2.24) is 10.3 Å². The largest absolute Gasteiger partial charge is 0.433 e. The number of anilines is 1. The van der Waals surface area contributed by atoms with Gasteiger partial charge in [0.05, 0.1) is 5.41 Å². The van der Waals surface area contributed by atoms with Gasteiger partial charge in [-0.25, -0.2) is 4.98 Å². The number of nitrogens with one attached hydrogen (secondary N) is 1. The topological polar surface area (TPSA) is 45.2 Å². The first-order valence-corrected chi connectivity index (χ1v) is 6.98. The molecule has 0 bridgehead atoms. The molecule has 114 valence electrons. The van der Waals surface area contributed by atoms with Gasteiger partial charge in [0.15, 0.2) is 0 Å². The molecule has 0 saturated carbocycles. The first-order chi connectivity index (χ1) is 9.91. The van der Waals surface area contributed by atoms with Crippen molar-refractivity contribution >= 4 is 11.7 Å². The second-order valence-corrected chi connectivity index (χ2v) is 5.65. The average molecular weight is 299 g/mol. The molecule has 2 fully saturated rings. The van der Waals surface area contributed by atoms with Gasteiger partial charge in [0.1, 0.15) is 11.5 Å². The molecule has 0 aliphatic carbocycles. The summed E-state index contributed by atoms with van der Waals surface area (Å²) in [4.78, 5) is 17.4. The van der Waals surface area contributed by atoms with Gasteiger partial charge >= 0.3 is 6.18 Å². The number of amides is 1. The van der Waals surface area contributed by atoms with Crippen LogP contribution in [0.4, 0.5) is 19.0 Å². The van der Waals surface area contributed by atoms with E-state index in [-0.39, 0.29) is 11.3 Å². The van der Waals surface area contributed by atoms with E-state index in [0.29, 0.717) is 38.3 Å². The van der Waals surface area contributed by atoms with Crippen LogP contribution < -0.4 is 10.2 Å². The minimum Gasteiger partial charge on any atom is -0.357 e. The van der Waals surface area contributed by atoms with Crippen LogP contribution in [0.2, 0.25) is 0 Å². The molecule has 0 aromatic carbocycles. The van der Waals surface area contributed by atoms with Crippen LogP contribution in [0.25, 0.3) is 0 Å². The Hall–Kier alpha value is -1.79. The third-order valence-corrected chi connectivity index (χ3v) is 4.44. The number of carbonyl (C=O) groups excluding carboxylic acids is 1. The van der Waals surface area contributed by atoms with Crippen LogP contribution >= 0.6 is 0 Å². The zero-order chi connectivity index (χ0) is 15.1. The lowest BCUT2D eigenvalue weighted by molar-refractivity contribution is -0.141. The van der Waals surface area contributed by atoms with Crippen molar-refractivity contribution < 1.29 is 18.0 Å². The van der Waals surface area contributed by atoms with Crippen molar-refractivity contribution in [3.05, 3.63) is 23.9 Å². The summed E-state index contributed by atoms with van der Waals surface area (Å²) in [5, 5.41) is 2.84. The molecule has 0 atom stereocenters. The Labute approximate surface area is 120 Å². The molecule has 2 saturated heterocycles. The summed E-state index contributed by atoms with van der Waals surface area (Å²) >= 11 is 0. The summed E-state index contributed by atoms with van der Waals surface area (Å²) < 4.78 is 38.1. The lowest BCUT2D eigenvalue weighted by atomic mass is 9.77. The summed E-state index contributed by atoms with van der Waals surface area (Å²) in [5.41, 5.74) is -1.20. The lowest BCUT2D eigenvalue weighted by Crippen LogP contribution is -2.44. The molecular weight excluding hydrogens is 283 g/mol. The van der Waals surface area contributed by atoms with E-state index in [0.717, 1.165) is 12.5 Å². The van der Waals surface area contributed by atoms with Gasteiger partial charge in [0.2, 0.25) is 5.91 Å².